The summed E-state index contributed by atoms with van der Waals surface area (Å²) in [4.78, 5) is 9.28. The quantitative estimate of drug-likeness (QED) is 0.874. The Morgan fingerprint density at radius 3 is 2.90 bits per heavy atom. The van der Waals surface area contributed by atoms with E-state index in [4.69, 9.17) is 8.94 Å². The zero-order valence-corrected chi connectivity index (χ0v) is 11.9. The number of furan rings is 1. The van der Waals surface area contributed by atoms with Gasteiger partial charge < -0.3 is 14.3 Å². The van der Waals surface area contributed by atoms with E-state index in [0.717, 1.165) is 45.8 Å². The number of nitrogens with zero attached hydrogens (tertiary/aromatic N) is 4. The lowest BCUT2D eigenvalue weighted by molar-refractivity contribution is 0.0165. The molecule has 0 bridgehead atoms. The molecule has 0 aromatic carbocycles. The van der Waals surface area contributed by atoms with Gasteiger partial charge in [-0.1, -0.05) is 5.16 Å². The molecule has 21 heavy (non-hydrogen) atoms. The van der Waals surface area contributed by atoms with Crippen LogP contribution >= 0.6 is 0 Å². The maximum atomic E-state index is 5.29. The van der Waals surface area contributed by atoms with Crippen molar-refractivity contribution >= 4 is 0 Å². The lowest BCUT2D eigenvalue weighted by atomic mass is 10.1. The number of aromatic nitrogens is 2. The molecular weight excluding hydrogens is 270 g/mol. The molecule has 2 aromatic heterocycles. The highest BCUT2D eigenvalue weighted by Gasteiger charge is 2.33. The van der Waals surface area contributed by atoms with Crippen molar-refractivity contribution in [1.82, 2.24) is 25.3 Å². The van der Waals surface area contributed by atoms with Gasteiger partial charge in [-0.25, -0.2) is 0 Å². The van der Waals surface area contributed by atoms with Gasteiger partial charge in [-0.15, -0.1) is 0 Å². The highest BCUT2D eigenvalue weighted by atomic mass is 16.5. The lowest BCUT2D eigenvalue weighted by Crippen LogP contribution is -2.62. The Labute approximate surface area is 122 Å². The highest BCUT2D eigenvalue weighted by molar-refractivity contribution is 5.44. The van der Waals surface area contributed by atoms with Crippen LogP contribution in [-0.2, 0) is 6.54 Å². The van der Waals surface area contributed by atoms with Crippen molar-refractivity contribution in [3.63, 3.8) is 0 Å². The van der Waals surface area contributed by atoms with Crippen LogP contribution in [0.2, 0.25) is 0 Å². The standard InChI is InChI=1S/C14H19N5O2/c1-2-12(20-7-1)14-16-13(21-17-14)10-18-8-11(9-18)19-5-3-15-4-6-19/h1-2,7,11,15H,3-6,8-10H2. The van der Waals surface area contributed by atoms with Crippen LogP contribution in [0.15, 0.2) is 27.3 Å². The average molecular weight is 289 g/mol. The Morgan fingerprint density at radius 2 is 2.14 bits per heavy atom. The predicted molar refractivity (Wildman–Crippen MR) is 75.5 cm³/mol. The maximum absolute atomic E-state index is 5.29. The fourth-order valence-electron chi connectivity index (χ4n) is 2.97. The summed E-state index contributed by atoms with van der Waals surface area (Å²) in [5, 5.41) is 7.34. The van der Waals surface area contributed by atoms with Crippen LogP contribution < -0.4 is 5.32 Å². The fourth-order valence-corrected chi connectivity index (χ4v) is 2.97. The van der Waals surface area contributed by atoms with E-state index in [-0.39, 0.29) is 0 Å². The highest BCUT2D eigenvalue weighted by Crippen LogP contribution is 2.20. The summed E-state index contributed by atoms with van der Waals surface area (Å²) in [6.07, 6.45) is 1.61. The van der Waals surface area contributed by atoms with Crippen molar-refractivity contribution in [3.8, 4) is 11.6 Å². The molecule has 0 saturated carbocycles. The van der Waals surface area contributed by atoms with E-state index in [1.165, 1.54) is 0 Å². The van der Waals surface area contributed by atoms with Gasteiger partial charge in [-0.3, -0.25) is 9.80 Å². The van der Waals surface area contributed by atoms with Crippen LogP contribution in [0.5, 0.6) is 0 Å². The van der Waals surface area contributed by atoms with Crippen LogP contribution in [0.4, 0.5) is 0 Å². The summed E-state index contributed by atoms with van der Waals surface area (Å²) in [5.74, 6) is 1.82. The van der Waals surface area contributed by atoms with Crippen LogP contribution in [0, 0.1) is 0 Å². The number of piperazine rings is 1. The molecule has 4 heterocycles. The molecule has 7 heteroatoms. The van der Waals surface area contributed by atoms with Gasteiger partial charge in [0, 0.05) is 45.3 Å². The summed E-state index contributed by atoms with van der Waals surface area (Å²) in [6, 6.07) is 4.33. The third-order valence-corrected chi connectivity index (χ3v) is 4.17. The molecule has 0 spiro atoms. The molecule has 0 radical (unpaired) electrons. The minimum atomic E-state index is 0.522. The van der Waals surface area contributed by atoms with E-state index < -0.39 is 0 Å². The average Bonchev–Trinajstić information content (AvgIpc) is 3.14. The minimum absolute atomic E-state index is 0.522. The number of likely N-dealkylation sites (tertiary alicyclic amines) is 1. The Balaban J connectivity index is 1.30. The number of nitrogens with one attached hydrogen (secondary N) is 1. The van der Waals surface area contributed by atoms with Crippen molar-refractivity contribution < 1.29 is 8.94 Å². The number of hydrogen-bond donors (Lipinski definition) is 1. The normalized spacial score (nSPS) is 21.5. The fraction of sp³-hybridized carbons (Fsp3) is 0.571. The van der Waals surface area contributed by atoms with Gasteiger partial charge >= 0.3 is 0 Å². The summed E-state index contributed by atoms with van der Waals surface area (Å²) < 4.78 is 10.6. The van der Waals surface area contributed by atoms with E-state index in [1.54, 1.807) is 6.26 Å². The van der Waals surface area contributed by atoms with Crippen molar-refractivity contribution in [2.75, 3.05) is 39.3 Å². The largest absolute Gasteiger partial charge is 0.461 e. The molecule has 0 aliphatic carbocycles. The molecule has 112 valence electrons. The van der Waals surface area contributed by atoms with Gasteiger partial charge in [0.2, 0.25) is 11.7 Å². The SMILES string of the molecule is c1coc(-c2noc(CN3CC(N4CCNCC4)C3)n2)c1. The van der Waals surface area contributed by atoms with Crippen LogP contribution in [-0.4, -0.2) is 65.3 Å². The zero-order valence-electron chi connectivity index (χ0n) is 11.9. The van der Waals surface area contributed by atoms with Gasteiger partial charge in [0.1, 0.15) is 0 Å². The Bertz CT molecular complexity index is 570. The first-order valence-electron chi connectivity index (χ1n) is 7.42. The molecule has 0 atom stereocenters. The second-order valence-electron chi connectivity index (χ2n) is 5.62. The molecule has 7 nitrogen and oxygen atoms in total. The van der Waals surface area contributed by atoms with E-state index in [1.807, 2.05) is 12.1 Å². The number of rotatable bonds is 4. The smallest absolute Gasteiger partial charge is 0.241 e. The van der Waals surface area contributed by atoms with E-state index in [0.29, 0.717) is 23.5 Å². The van der Waals surface area contributed by atoms with Gasteiger partial charge in [-0.05, 0) is 12.1 Å². The van der Waals surface area contributed by atoms with E-state index in [2.05, 4.69) is 25.3 Å². The predicted octanol–water partition coefficient (Wildman–Crippen LogP) is 0.419. The summed E-state index contributed by atoms with van der Waals surface area (Å²) in [6.45, 7) is 7.40. The van der Waals surface area contributed by atoms with Crippen molar-refractivity contribution in [1.29, 1.82) is 0 Å². The van der Waals surface area contributed by atoms with Crippen LogP contribution in [0.1, 0.15) is 5.89 Å². The zero-order chi connectivity index (χ0) is 14.1. The van der Waals surface area contributed by atoms with Gasteiger partial charge in [0.15, 0.2) is 5.76 Å². The van der Waals surface area contributed by atoms with Gasteiger partial charge in [0.25, 0.3) is 0 Å². The second-order valence-corrected chi connectivity index (χ2v) is 5.62. The Morgan fingerprint density at radius 1 is 1.29 bits per heavy atom. The van der Waals surface area contributed by atoms with Crippen molar-refractivity contribution in [2.24, 2.45) is 0 Å². The second kappa shape index (κ2) is 5.59. The number of hydrogen-bond acceptors (Lipinski definition) is 7. The molecule has 2 aliphatic rings. The Kier molecular flexibility index (Phi) is 3.46. The first-order valence-corrected chi connectivity index (χ1v) is 7.42. The molecule has 4 rings (SSSR count). The Hall–Kier alpha value is -1.70. The lowest BCUT2D eigenvalue weighted by Gasteiger charge is -2.46. The monoisotopic (exact) mass is 289 g/mol. The molecule has 2 fully saturated rings. The first kappa shape index (κ1) is 13.0. The summed E-state index contributed by atoms with van der Waals surface area (Å²) in [5.41, 5.74) is 0. The summed E-state index contributed by atoms with van der Waals surface area (Å²) in [7, 11) is 0. The maximum Gasteiger partial charge on any atom is 0.241 e. The minimum Gasteiger partial charge on any atom is -0.461 e. The van der Waals surface area contributed by atoms with Crippen LogP contribution in [0.25, 0.3) is 11.6 Å². The molecule has 2 aliphatic heterocycles. The van der Waals surface area contributed by atoms with Crippen molar-refractivity contribution in [3.05, 3.63) is 24.3 Å². The molecular formula is C14H19N5O2. The van der Waals surface area contributed by atoms with Crippen LogP contribution in [0.3, 0.4) is 0 Å². The first-order chi connectivity index (χ1) is 10.4. The summed E-state index contributed by atoms with van der Waals surface area (Å²) >= 11 is 0. The van der Waals surface area contributed by atoms with Crippen molar-refractivity contribution in [2.45, 2.75) is 12.6 Å². The van der Waals surface area contributed by atoms with Gasteiger partial charge in [-0.2, -0.15) is 4.98 Å². The molecule has 2 saturated heterocycles. The van der Waals surface area contributed by atoms with E-state index in [9.17, 15) is 0 Å². The molecule has 2 aromatic rings. The molecule has 0 unspecified atom stereocenters. The third-order valence-electron chi connectivity index (χ3n) is 4.17. The third kappa shape index (κ3) is 2.72. The topological polar surface area (TPSA) is 70.6 Å². The van der Waals surface area contributed by atoms with Gasteiger partial charge in [0.05, 0.1) is 12.8 Å². The molecule has 1 N–H and O–H groups in total. The molecule has 0 amide bonds. The van der Waals surface area contributed by atoms with E-state index >= 15 is 0 Å².